The first kappa shape index (κ1) is 31.1. The van der Waals surface area contributed by atoms with Gasteiger partial charge in [0.2, 0.25) is 11.3 Å². The number of anilines is 2. The second kappa shape index (κ2) is 12.2. The number of carbonyl (C=O) groups is 1. The average Bonchev–Trinajstić information content (AvgIpc) is 3.32. The zero-order valence-electron chi connectivity index (χ0n) is 25.7. The summed E-state index contributed by atoms with van der Waals surface area (Å²) in [6.07, 6.45) is 7.25. The predicted octanol–water partition coefficient (Wildman–Crippen LogP) is 5.75. The van der Waals surface area contributed by atoms with Gasteiger partial charge in [0.15, 0.2) is 0 Å². The first-order valence-electron chi connectivity index (χ1n) is 15.1. The van der Waals surface area contributed by atoms with E-state index in [2.05, 4.69) is 47.6 Å². The summed E-state index contributed by atoms with van der Waals surface area (Å²) >= 11 is 13.3. The van der Waals surface area contributed by atoms with Gasteiger partial charge in [0.1, 0.15) is 23.0 Å². The van der Waals surface area contributed by atoms with Gasteiger partial charge in [0, 0.05) is 43.0 Å². The number of carboxylic acids is 1. The summed E-state index contributed by atoms with van der Waals surface area (Å²) in [6, 6.07) is 11.4. The van der Waals surface area contributed by atoms with Crippen LogP contribution in [-0.2, 0) is 0 Å². The van der Waals surface area contributed by atoms with Gasteiger partial charge in [0.05, 0.1) is 33.6 Å². The summed E-state index contributed by atoms with van der Waals surface area (Å²) < 4.78 is 7.91. The van der Waals surface area contributed by atoms with Gasteiger partial charge in [0.25, 0.3) is 0 Å². The minimum absolute atomic E-state index is 0.115. The Bertz CT molecular complexity index is 1810. The smallest absolute Gasteiger partial charge is 0.341 e. The second-order valence-corrected chi connectivity index (χ2v) is 13.0. The maximum atomic E-state index is 13.4. The molecule has 2 aliphatic heterocycles. The van der Waals surface area contributed by atoms with E-state index in [9.17, 15) is 14.7 Å². The van der Waals surface area contributed by atoms with Crippen LogP contribution in [0.1, 0.15) is 43.5 Å². The van der Waals surface area contributed by atoms with Crippen LogP contribution in [0.2, 0.25) is 10.0 Å². The topological polar surface area (TPSA) is 104 Å². The third-order valence-electron chi connectivity index (χ3n) is 9.33. The maximum Gasteiger partial charge on any atom is 0.341 e. The number of halogens is 2. The van der Waals surface area contributed by atoms with E-state index in [-0.39, 0.29) is 17.0 Å². The lowest BCUT2D eigenvalue weighted by atomic mass is 9.93. The number of likely N-dealkylation sites (N-methyl/N-ethyl adjacent to an activating group) is 1. The number of rotatable bonds is 9. The molecule has 5 heterocycles. The highest BCUT2D eigenvalue weighted by Crippen LogP contribution is 2.45. The number of hydrogen-bond donors (Lipinski definition) is 1. The summed E-state index contributed by atoms with van der Waals surface area (Å²) in [6.45, 7) is 6.36. The van der Waals surface area contributed by atoms with Crippen LogP contribution in [0.25, 0.3) is 16.6 Å². The minimum atomic E-state index is -1.31. The van der Waals surface area contributed by atoms with Crippen molar-refractivity contribution in [3.63, 3.8) is 0 Å². The van der Waals surface area contributed by atoms with Crippen LogP contribution in [0.15, 0.2) is 59.8 Å². The van der Waals surface area contributed by atoms with Crippen LogP contribution < -0.4 is 20.0 Å². The summed E-state index contributed by atoms with van der Waals surface area (Å²) in [5.74, 6) is -0.0900. The van der Waals surface area contributed by atoms with Gasteiger partial charge in [-0.2, -0.15) is 0 Å². The molecular weight excluding hydrogens is 615 g/mol. The highest BCUT2D eigenvalue weighted by molar-refractivity contribution is 6.34. The van der Waals surface area contributed by atoms with Crippen LogP contribution >= 0.6 is 23.2 Å². The Morgan fingerprint density at radius 2 is 1.93 bits per heavy atom. The molecule has 236 valence electrons. The van der Waals surface area contributed by atoms with Crippen LogP contribution in [0.5, 0.6) is 5.88 Å². The SMILES string of the molecule is CCC1(COc2ncccc2Cl)CCC(C)N1c1cc2c(cc1Cl)c(=O)c(C(=O)O)cn2-c1ccc(N2CC(N(C)C)C2)nc1. The maximum absolute atomic E-state index is 13.4. The van der Waals surface area contributed by atoms with E-state index < -0.39 is 16.9 Å². The largest absolute Gasteiger partial charge is 0.477 e. The number of benzene rings is 1. The van der Waals surface area contributed by atoms with Gasteiger partial charge in [-0.05, 0) is 76.7 Å². The van der Waals surface area contributed by atoms with Crippen LogP contribution in [0.4, 0.5) is 11.5 Å². The molecule has 0 aliphatic carbocycles. The monoisotopic (exact) mass is 650 g/mol. The number of ether oxygens (including phenoxy) is 1. The normalized spacial score (nSPS) is 20.2. The molecule has 2 atom stereocenters. The molecule has 1 aromatic carbocycles. The standard InChI is InChI=1S/C33H36Cl2N6O4/c1-5-33(19-45-31-25(34)7-6-12-36-31)11-10-20(2)41(33)28-14-27-23(13-26(28)35)30(42)24(32(43)44)18-40(27)21-8-9-29(37-15-21)39-16-22(17-39)38(3)4/h6-9,12-15,18,20,22H,5,10-11,16-17,19H2,1-4H3,(H,43,44). The summed E-state index contributed by atoms with van der Waals surface area (Å²) in [7, 11) is 4.13. The Hall–Kier alpha value is -3.86. The molecule has 10 nitrogen and oxygen atoms in total. The van der Waals surface area contributed by atoms with Crippen molar-refractivity contribution in [2.75, 3.05) is 43.6 Å². The second-order valence-electron chi connectivity index (χ2n) is 12.2. The molecule has 2 unspecified atom stereocenters. The molecule has 12 heteroatoms. The number of fused-ring (bicyclic) bond motifs is 1. The van der Waals surface area contributed by atoms with Gasteiger partial charge in [-0.1, -0.05) is 30.1 Å². The molecule has 2 fully saturated rings. The van der Waals surface area contributed by atoms with E-state index in [1.54, 1.807) is 35.2 Å². The lowest BCUT2D eigenvalue weighted by Crippen LogP contribution is -2.57. The van der Waals surface area contributed by atoms with Crippen molar-refractivity contribution in [1.29, 1.82) is 0 Å². The molecule has 45 heavy (non-hydrogen) atoms. The van der Waals surface area contributed by atoms with Gasteiger partial charge in [-0.3, -0.25) is 4.79 Å². The molecule has 0 spiro atoms. The van der Waals surface area contributed by atoms with E-state index in [1.165, 1.54) is 6.20 Å². The number of aromatic carboxylic acids is 1. The highest BCUT2D eigenvalue weighted by atomic mass is 35.5. The summed E-state index contributed by atoms with van der Waals surface area (Å²) in [5, 5.41) is 10.9. The zero-order chi connectivity index (χ0) is 32.0. The number of aromatic nitrogens is 3. The molecule has 3 aromatic heterocycles. The van der Waals surface area contributed by atoms with Gasteiger partial charge in [-0.25, -0.2) is 14.8 Å². The fourth-order valence-corrected chi connectivity index (χ4v) is 6.95. The third kappa shape index (κ3) is 5.60. The first-order valence-corrected chi connectivity index (χ1v) is 15.8. The molecular formula is C33H36Cl2N6O4. The molecule has 0 bridgehead atoms. The third-order valence-corrected chi connectivity index (χ3v) is 9.92. The summed E-state index contributed by atoms with van der Waals surface area (Å²) in [4.78, 5) is 41.2. The quantitative estimate of drug-likeness (QED) is 0.242. The van der Waals surface area contributed by atoms with Crippen LogP contribution in [-0.4, -0.2) is 81.9 Å². The van der Waals surface area contributed by atoms with E-state index in [0.717, 1.165) is 43.9 Å². The van der Waals surface area contributed by atoms with Gasteiger partial charge < -0.3 is 29.1 Å². The zero-order valence-corrected chi connectivity index (χ0v) is 27.2. The Morgan fingerprint density at radius 1 is 1.16 bits per heavy atom. The van der Waals surface area contributed by atoms with Crippen molar-refractivity contribution in [2.45, 2.75) is 50.7 Å². The summed E-state index contributed by atoms with van der Waals surface area (Å²) in [5.41, 5.74) is 0.551. The Kier molecular flexibility index (Phi) is 8.41. The lowest BCUT2D eigenvalue weighted by Gasteiger charge is -2.43. The Morgan fingerprint density at radius 3 is 2.58 bits per heavy atom. The molecule has 0 amide bonds. The fraction of sp³-hybridized carbons (Fsp3) is 0.394. The van der Waals surface area contributed by atoms with E-state index in [1.807, 2.05) is 18.2 Å². The number of nitrogens with zero attached hydrogens (tertiary/aromatic N) is 6. The molecule has 6 rings (SSSR count). The number of hydrogen-bond acceptors (Lipinski definition) is 8. The molecule has 0 radical (unpaired) electrons. The molecule has 2 saturated heterocycles. The van der Waals surface area contributed by atoms with Crippen molar-refractivity contribution in [2.24, 2.45) is 0 Å². The van der Waals surface area contributed by atoms with E-state index in [4.69, 9.17) is 32.9 Å². The van der Waals surface area contributed by atoms with Crippen molar-refractivity contribution in [1.82, 2.24) is 19.4 Å². The van der Waals surface area contributed by atoms with Crippen molar-refractivity contribution in [3.8, 4) is 11.6 Å². The Labute approximate surface area is 271 Å². The van der Waals surface area contributed by atoms with Crippen molar-refractivity contribution in [3.05, 3.63) is 80.8 Å². The van der Waals surface area contributed by atoms with Crippen LogP contribution in [0.3, 0.4) is 0 Å². The van der Waals surface area contributed by atoms with E-state index in [0.29, 0.717) is 39.8 Å². The van der Waals surface area contributed by atoms with Gasteiger partial charge >= 0.3 is 5.97 Å². The molecule has 0 saturated carbocycles. The minimum Gasteiger partial charge on any atom is -0.477 e. The predicted molar refractivity (Wildman–Crippen MR) is 178 cm³/mol. The number of pyridine rings is 3. The van der Waals surface area contributed by atoms with Gasteiger partial charge in [-0.15, -0.1) is 0 Å². The van der Waals surface area contributed by atoms with Crippen molar-refractivity contribution < 1.29 is 14.6 Å². The molecule has 1 N–H and O–H groups in total. The Balaban J connectivity index is 1.43. The molecule has 2 aliphatic rings. The van der Waals surface area contributed by atoms with Crippen LogP contribution in [0, 0.1) is 0 Å². The molecule has 4 aromatic rings. The van der Waals surface area contributed by atoms with Crippen molar-refractivity contribution >= 4 is 51.6 Å². The fourth-order valence-electron chi connectivity index (χ4n) is 6.52. The highest BCUT2D eigenvalue weighted by Gasteiger charge is 2.45. The average molecular weight is 652 g/mol. The van der Waals surface area contributed by atoms with E-state index >= 15 is 0 Å². The number of carboxylic acid groups (broad SMARTS) is 1. The lowest BCUT2D eigenvalue weighted by molar-refractivity contribution is 0.0695. The first-order chi connectivity index (χ1) is 21.5.